The third kappa shape index (κ3) is 5.33. The summed E-state index contributed by atoms with van der Waals surface area (Å²) in [7, 11) is 1.56. The number of H-pyrrole nitrogens is 1. The second-order valence-electron chi connectivity index (χ2n) is 6.42. The third-order valence-electron chi connectivity index (χ3n) is 4.47. The lowest BCUT2D eigenvalue weighted by atomic mass is 10.3. The minimum atomic E-state index is -0.266. The molecular weight excluding hydrogens is 422 g/mol. The van der Waals surface area contributed by atoms with E-state index >= 15 is 0 Å². The predicted molar refractivity (Wildman–Crippen MR) is 119 cm³/mol. The number of rotatable bonds is 9. The Morgan fingerprint density at radius 2 is 2.17 bits per heavy atom. The predicted octanol–water partition coefficient (Wildman–Crippen LogP) is 3.56. The average molecular weight is 446 g/mol. The molecule has 2 aromatic heterocycles. The summed E-state index contributed by atoms with van der Waals surface area (Å²) in [6.45, 7) is 2.63. The second-order valence-corrected chi connectivity index (χ2v) is 7.75. The number of benzene rings is 1. The molecule has 2 N–H and O–H groups in total. The van der Waals surface area contributed by atoms with E-state index in [1.54, 1.807) is 42.7 Å². The zero-order chi connectivity index (χ0) is 21.5. The van der Waals surface area contributed by atoms with Gasteiger partial charge in [-0.3, -0.25) is 19.3 Å². The monoisotopic (exact) mass is 445 g/mol. The van der Waals surface area contributed by atoms with Crippen LogP contribution in [0.5, 0.6) is 5.75 Å². The zero-order valence-electron chi connectivity index (χ0n) is 16.8. The number of nitrogens with one attached hydrogen (secondary N) is 2. The van der Waals surface area contributed by atoms with Gasteiger partial charge >= 0.3 is 0 Å². The molecule has 8 nitrogen and oxygen atoms in total. The Labute approximate surface area is 183 Å². The number of carbonyl (C=O) groups excluding carboxylic acids is 2. The molecule has 3 rings (SSSR count). The van der Waals surface area contributed by atoms with E-state index in [9.17, 15) is 9.59 Å². The number of anilines is 1. The summed E-state index contributed by atoms with van der Waals surface area (Å²) in [4.78, 5) is 27.6. The van der Waals surface area contributed by atoms with Gasteiger partial charge in [-0.1, -0.05) is 12.1 Å². The highest BCUT2D eigenvalue weighted by molar-refractivity contribution is 7.71. The van der Waals surface area contributed by atoms with Crippen LogP contribution in [0.25, 0.3) is 10.7 Å². The lowest BCUT2D eigenvalue weighted by Crippen LogP contribution is -2.38. The van der Waals surface area contributed by atoms with E-state index in [-0.39, 0.29) is 24.8 Å². The van der Waals surface area contributed by atoms with Crippen LogP contribution < -0.4 is 10.1 Å². The minimum Gasteiger partial charge on any atom is -0.497 e. The Kier molecular flexibility index (Phi) is 7.36. The van der Waals surface area contributed by atoms with Gasteiger partial charge < -0.3 is 15.0 Å². The van der Waals surface area contributed by atoms with Gasteiger partial charge in [-0.15, -0.1) is 11.3 Å². The summed E-state index contributed by atoms with van der Waals surface area (Å²) in [6, 6.07) is 11.0. The summed E-state index contributed by atoms with van der Waals surface area (Å²) in [5, 5.41) is 11.8. The molecule has 0 unspecified atom stereocenters. The third-order valence-corrected chi connectivity index (χ3v) is 5.65. The van der Waals surface area contributed by atoms with Gasteiger partial charge in [0.05, 0.1) is 18.5 Å². The van der Waals surface area contributed by atoms with Crippen molar-refractivity contribution in [1.82, 2.24) is 19.7 Å². The summed E-state index contributed by atoms with van der Waals surface area (Å²) >= 11 is 6.86. The van der Waals surface area contributed by atoms with Crippen LogP contribution in [0.3, 0.4) is 0 Å². The fourth-order valence-corrected chi connectivity index (χ4v) is 3.88. The highest BCUT2D eigenvalue weighted by Crippen LogP contribution is 2.23. The van der Waals surface area contributed by atoms with Gasteiger partial charge in [0.1, 0.15) is 5.75 Å². The van der Waals surface area contributed by atoms with E-state index in [0.717, 1.165) is 4.88 Å². The number of hydrogen-bond acceptors (Lipinski definition) is 6. The molecule has 0 atom stereocenters. The van der Waals surface area contributed by atoms with Gasteiger partial charge in [0.2, 0.25) is 11.8 Å². The van der Waals surface area contributed by atoms with Gasteiger partial charge in [-0.05, 0) is 42.7 Å². The van der Waals surface area contributed by atoms with Crippen molar-refractivity contribution in [2.45, 2.75) is 19.9 Å². The zero-order valence-corrected chi connectivity index (χ0v) is 18.4. The maximum Gasteiger partial charge on any atom is 0.243 e. The van der Waals surface area contributed by atoms with Crippen molar-refractivity contribution < 1.29 is 14.3 Å². The summed E-state index contributed by atoms with van der Waals surface area (Å²) in [5.74, 6) is 0.965. The number of carbonyl (C=O) groups is 2. The fraction of sp³-hybridized carbons (Fsp3) is 0.300. The molecule has 158 valence electrons. The van der Waals surface area contributed by atoms with E-state index in [2.05, 4.69) is 15.5 Å². The maximum atomic E-state index is 12.7. The number of thiophene rings is 1. The van der Waals surface area contributed by atoms with E-state index in [1.807, 2.05) is 29.0 Å². The Morgan fingerprint density at radius 3 is 2.87 bits per heavy atom. The number of likely N-dealkylation sites (N-methyl/N-ethyl adjacent to an activating group) is 1. The SMILES string of the molecule is CCN(CC(=O)Nc1cccc(OC)c1)C(=O)CCn1c(-c2cccs2)n[nH]c1=S. The van der Waals surface area contributed by atoms with Crippen LogP contribution in [0, 0.1) is 4.77 Å². The van der Waals surface area contributed by atoms with Gasteiger partial charge in [-0.25, -0.2) is 0 Å². The Morgan fingerprint density at radius 1 is 1.33 bits per heavy atom. The average Bonchev–Trinajstić information content (AvgIpc) is 3.40. The first-order valence-electron chi connectivity index (χ1n) is 9.42. The molecule has 0 aliphatic rings. The quantitative estimate of drug-likeness (QED) is 0.492. The molecule has 0 spiro atoms. The highest BCUT2D eigenvalue weighted by atomic mass is 32.1. The van der Waals surface area contributed by atoms with Gasteiger partial charge in [0.15, 0.2) is 10.6 Å². The maximum absolute atomic E-state index is 12.7. The fourth-order valence-electron chi connectivity index (χ4n) is 2.94. The number of nitrogens with zero attached hydrogens (tertiary/aromatic N) is 3. The summed E-state index contributed by atoms with van der Waals surface area (Å²) < 4.78 is 7.43. The molecule has 0 saturated carbocycles. The molecule has 2 amide bonds. The molecule has 0 bridgehead atoms. The molecule has 0 radical (unpaired) electrons. The number of methoxy groups -OCH3 is 1. The van der Waals surface area contributed by atoms with Crippen molar-refractivity contribution in [2.24, 2.45) is 0 Å². The van der Waals surface area contributed by atoms with Crippen molar-refractivity contribution in [3.63, 3.8) is 0 Å². The van der Waals surface area contributed by atoms with Gasteiger partial charge in [-0.2, -0.15) is 5.10 Å². The number of hydrogen-bond donors (Lipinski definition) is 2. The normalized spacial score (nSPS) is 10.6. The Balaban J connectivity index is 1.59. The molecule has 0 aliphatic carbocycles. The van der Waals surface area contributed by atoms with E-state index in [4.69, 9.17) is 17.0 Å². The molecule has 1 aromatic carbocycles. The van der Waals surface area contributed by atoms with E-state index in [1.165, 1.54) is 4.90 Å². The first kappa shape index (κ1) is 21.7. The number of amides is 2. The minimum absolute atomic E-state index is 0.0267. The largest absolute Gasteiger partial charge is 0.497 e. The first-order chi connectivity index (χ1) is 14.5. The Bertz CT molecular complexity index is 1060. The van der Waals surface area contributed by atoms with Crippen molar-refractivity contribution in [1.29, 1.82) is 0 Å². The molecule has 0 fully saturated rings. The molecule has 3 aromatic rings. The number of aromatic nitrogens is 3. The lowest BCUT2D eigenvalue weighted by molar-refractivity contribution is -0.134. The van der Waals surface area contributed by atoms with Crippen LogP contribution >= 0.6 is 23.6 Å². The van der Waals surface area contributed by atoms with E-state index in [0.29, 0.717) is 35.1 Å². The summed E-state index contributed by atoms with van der Waals surface area (Å²) in [5.41, 5.74) is 0.619. The smallest absolute Gasteiger partial charge is 0.243 e. The summed E-state index contributed by atoms with van der Waals surface area (Å²) in [6.07, 6.45) is 0.215. The van der Waals surface area contributed by atoms with Crippen LogP contribution in [0.2, 0.25) is 0 Å². The molecular formula is C20H23N5O3S2. The highest BCUT2D eigenvalue weighted by Gasteiger charge is 2.17. The van der Waals surface area contributed by atoms with Crippen LogP contribution in [-0.4, -0.2) is 51.7 Å². The van der Waals surface area contributed by atoms with Crippen LogP contribution in [0.15, 0.2) is 41.8 Å². The topological polar surface area (TPSA) is 92.2 Å². The Hall–Kier alpha value is -2.98. The molecule has 0 saturated heterocycles. The van der Waals surface area contributed by atoms with Crippen LogP contribution in [0.1, 0.15) is 13.3 Å². The van der Waals surface area contributed by atoms with Crippen molar-refractivity contribution >= 4 is 41.1 Å². The number of ether oxygens (including phenoxy) is 1. The van der Waals surface area contributed by atoms with Crippen molar-refractivity contribution in [3.05, 3.63) is 46.5 Å². The first-order valence-corrected chi connectivity index (χ1v) is 10.7. The molecule has 10 heteroatoms. The lowest BCUT2D eigenvalue weighted by Gasteiger charge is -2.20. The van der Waals surface area contributed by atoms with Crippen LogP contribution in [0.4, 0.5) is 5.69 Å². The number of aromatic amines is 1. The van der Waals surface area contributed by atoms with Gasteiger partial charge in [0, 0.05) is 31.3 Å². The molecule has 2 heterocycles. The van der Waals surface area contributed by atoms with Crippen molar-refractivity contribution in [2.75, 3.05) is 25.5 Å². The second kappa shape index (κ2) is 10.2. The van der Waals surface area contributed by atoms with E-state index < -0.39 is 0 Å². The molecule has 0 aliphatic heterocycles. The molecule has 30 heavy (non-hydrogen) atoms. The van der Waals surface area contributed by atoms with Crippen molar-refractivity contribution in [3.8, 4) is 16.5 Å². The van der Waals surface area contributed by atoms with Crippen LogP contribution in [-0.2, 0) is 16.1 Å². The van der Waals surface area contributed by atoms with Gasteiger partial charge in [0.25, 0.3) is 0 Å². The standard InChI is InChI=1S/C20H23N5O3S2/c1-3-24(13-17(26)21-14-6-4-7-15(12-14)28-2)18(27)9-10-25-19(22-23-20(25)29)16-8-5-11-30-16/h4-8,11-12H,3,9-10,13H2,1-2H3,(H,21,26)(H,23,29).